The fourth-order valence-electron chi connectivity index (χ4n) is 4.05. The summed E-state index contributed by atoms with van der Waals surface area (Å²) < 4.78 is 7.97. The predicted octanol–water partition coefficient (Wildman–Crippen LogP) is 1.30. The van der Waals surface area contributed by atoms with Gasteiger partial charge < -0.3 is 15.4 Å². The lowest BCUT2D eigenvalue weighted by Crippen LogP contribution is -2.51. The zero-order valence-electron chi connectivity index (χ0n) is 16.8. The van der Waals surface area contributed by atoms with E-state index < -0.39 is 5.60 Å². The average Bonchev–Trinajstić information content (AvgIpc) is 3.07. The summed E-state index contributed by atoms with van der Waals surface area (Å²) in [6.45, 7) is 4.72. The first-order valence-corrected chi connectivity index (χ1v) is 10.0. The van der Waals surface area contributed by atoms with Crippen LogP contribution in [0.2, 0.25) is 0 Å². The molecular weight excluding hydrogens is 372 g/mol. The second kappa shape index (κ2) is 7.81. The molecule has 9 nitrogen and oxygen atoms in total. The van der Waals surface area contributed by atoms with Crippen molar-refractivity contribution in [3.63, 3.8) is 0 Å². The van der Waals surface area contributed by atoms with Gasteiger partial charge in [0.15, 0.2) is 0 Å². The predicted molar refractivity (Wildman–Crippen MR) is 104 cm³/mol. The van der Waals surface area contributed by atoms with Gasteiger partial charge in [0.2, 0.25) is 5.91 Å². The van der Waals surface area contributed by atoms with Crippen LogP contribution in [0.3, 0.4) is 0 Å². The van der Waals surface area contributed by atoms with Crippen LogP contribution in [0, 0.1) is 13.8 Å². The fraction of sp³-hybridized carbons (Fsp3) is 0.550. The molecule has 1 aliphatic carbocycles. The standard InChI is InChI=1S/C20H26N6O3/c1-13-3-4-17-16(11-13)19(28)21-12-20(29-17)8-5-15(6-9-20)22-18(27)7-10-26-14(2)23-24-25-26/h3-4,11,15H,5-10,12H2,1-2H3,(H,21,28)(H,22,27). The molecule has 1 aromatic carbocycles. The molecule has 2 aromatic rings. The Morgan fingerprint density at radius 2 is 2.14 bits per heavy atom. The van der Waals surface area contributed by atoms with E-state index in [0.29, 0.717) is 36.6 Å². The number of fused-ring (bicyclic) bond motifs is 1. The Bertz CT molecular complexity index is 917. The van der Waals surface area contributed by atoms with Crippen molar-refractivity contribution in [2.75, 3.05) is 6.54 Å². The van der Waals surface area contributed by atoms with E-state index in [-0.39, 0.29) is 17.9 Å². The van der Waals surface area contributed by atoms with E-state index >= 15 is 0 Å². The molecular formula is C20H26N6O3. The molecule has 2 heterocycles. The molecule has 2 aliphatic rings. The minimum Gasteiger partial charge on any atom is -0.485 e. The molecule has 0 unspecified atom stereocenters. The van der Waals surface area contributed by atoms with Crippen LogP contribution in [0.15, 0.2) is 18.2 Å². The van der Waals surface area contributed by atoms with Crippen LogP contribution in [0.1, 0.15) is 53.8 Å². The number of benzene rings is 1. The highest BCUT2D eigenvalue weighted by Gasteiger charge is 2.40. The number of tetrazole rings is 1. The number of aryl methyl sites for hydroxylation is 3. The molecule has 1 aromatic heterocycles. The van der Waals surface area contributed by atoms with E-state index in [1.807, 2.05) is 32.0 Å². The van der Waals surface area contributed by atoms with E-state index in [4.69, 9.17) is 4.74 Å². The highest BCUT2D eigenvalue weighted by molar-refractivity contribution is 5.97. The summed E-state index contributed by atoms with van der Waals surface area (Å²) in [6.07, 6.45) is 3.52. The van der Waals surface area contributed by atoms with Crippen LogP contribution in [0.5, 0.6) is 5.75 Å². The number of rotatable bonds is 4. The van der Waals surface area contributed by atoms with Crippen LogP contribution in [0.25, 0.3) is 0 Å². The molecule has 1 aliphatic heterocycles. The number of amides is 2. The molecule has 2 amide bonds. The van der Waals surface area contributed by atoms with E-state index in [2.05, 4.69) is 26.2 Å². The van der Waals surface area contributed by atoms with Crippen molar-refractivity contribution < 1.29 is 14.3 Å². The molecule has 154 valence electrons. The molecule has 29 heavy (non-hydrogen) atoms. The number of nitrogens with one attached hydrogen (secondary N) is 2. The van der Waals surface area contributed by atoms with Gasteiger partial charge in [-0.25, -0.2) is 4.68 Å². The average molecular weight is 398 g/mol. The SMILES string of the molecule is Cc1ccc2c(c1)C(=O)NCC1(CCC(NC(=O)CCn3nnnc3C)CC1)O2. The first kappa shape index (κ1) is 19.4. The lowest BCUT2D eigenvalue weighted by atomic mass is 9.81. The van der Waals surface area contributed by atoms with Crippen molar-refractivity contribution in [2.24, 2.45) is 0 Å². The van der Waals surface area contributed by atoms with E-state index in [1.165, 1.54) is 0 Å². The first-order valence-electron chi connectivity index (χ1n) is 10.0. The molecule has 4 rings (SSSR count). The number of carbonyl (C=O) groups is 2. The number of aromatic nitrogens is 4. The summed E-state index contributed by atoms with van der Waals surface area (Å²) in [6, 6.07) is 5.82. The highest BCUT2D eigenvalue weighted by Crippen LogP contribution is 2.36. The van der Waals surface area contributed by atoms with Gasteiger partial charge >= 0.3 is 0 Å². The van der Waals surface area contributed by atoms with Crippen molar-refractivity contribution in [1.29, 1.82) is 0 Å². The van der Waals surface area contributed by atoms with Gasteiger partial charge in [0, 0.05) is 12.5 Å². The van der Waals surface area contributed by atoms with Crippen LogP contribution in [0.4, 0.5) is 0 Å². The van der Waals surface area contributed by atoms with Gasteiger partial charge in [0.05, 0.1) is 18.7 Å². The monoisotopic (exact) mass is 398 g/mol. The molecule has 2 N–H and O–H groups in total. The largest absolute Gasteiger partial charge is 0.485 e. The quantitative estimate of drug-likeness (QED) is 0.803. The van der Waals surface area contributed by atoms with E-state index in [1.54, 1.807) is 4.68 Å². The maximum Gasteiger partial charge on any atom is 0.255 e. The Balaban J connectivity index is 1.33. The van der Waals surface area contributed by atoms with Crippen molar-refractivity contribution in [1.82, 2.24) is 30.8 Å². The molecule has 1 fully saturated rings. The van der Waals surface area contributed by atoms with Gasteiger partial charge in [0.25, 0.3) is 5.91 Å². The zero-order valence-corrected chi connectivity index (χ0v) is 16.8. The number of carbonyl (C=O) groups excluding carboxylic acids is 2. The molecule has 1 saturated carbocycles. The topological polar surface area (TPSA) is 111 Å². The molecule has 9 heteroatoms. The van der Waals surface area contributed by atoms with Crippen molar-refractivity contribution >= 4 is 11.8 Å². The molecule has 0 bridgehead atoms. The van der Waals surface area contributed by atoms with E-state index in [0.717, 1.165) is 31.2 Å². The first-order chi connectivity index (χ1) is 13.9. The maximum absolute atomic E-state index is 12.4. The summed E-state index contributed by atoms with van der Waals surface area (Å²) in [4.78, 5) is 24.7. The third-order valence-electron chi connectivity index (χ3n) is 5.80. The number of hydrogen-bond acceptors (Lipinski definition) is 6. The normalized spacial score (nSPS) is 23.7. The van der Waals surface area contributed by atoms with Gasteiger partial charge in [-0.15, -0.1) is 5.10 Å². The van der Waals surface area contributed by atoms with Crippen molar-refractivity contribution in [3.8, 4) is 5.75 Å². The smallest absolute Gasteiger partial charge is 0.255 e. The van der Waals surface area contributed by atoms with Gasteiger partial charge in [-0.1, -0.05) is 11.6 Å². The maximum atomic E-state index is 12.4. The number of ether oxygens (including phenoxy) is 1. The Morgan fingerprint density at radius 1 is 1.34 bits per heavy atom. The summed E-state index contributed by atoms with van der Waals surface area (Å²) in [5.41, 5.74) is 1.21. The Kier molecular flexibility index (Phi) is 5.21. The van der Waals surface area contributed by atoms with Crippen LogP contribution >= 0.6 is 0 Å². The van der Waals surface area contributed by atoms with Crippen molar-refractivity contribution in [2.45, 2.75) is 64.1 Å². The second-order valence-electron chi connectivity index (χ2n) is 8.01. The molecule has 0 atom stereocenters. The Morgan fingerprint density at radius 3 is 2.86 bits per heavy atom. The lowest BCUT2D eigenvalue weighted by Gasteiger charge is -2.39. The van der Waals surface area contributed by atoms with Crippen LogP contribution < -0.4 is 15.4 Å². The minimum atomic E-state index is -0.416. The molecule has 0 saturated heterocycles. The number of hydrogen-bond donors (Lipinski definition) is 2. The van der Waals surface area contributed by atoms with E-state index in [9.17, 15) is 9.59 Å². The molecule has 0 radical (unpaired) electrons. The lowest BCUT2D eigenvalue weighted by molar-refractivity contribution is -0.122. The zero-order chi connectivity index (χ0) is 20.4. The second-order valence-corrected chi connectivity index (χ2v) is 8.01. The summed E-state index contributed by atoms with van der Waals surface area (Å²) in [7, 11) is 0. The summed E-state index contributed by atoms with van der Waals surface area (Å²) in [5, 5.41) is 17.4. The van der Waals surface area contributed by atoms with Crippen molar-refractivity contribution in [3.05, 3.63) is 35.2 Å². The highest BCUT2D eigenvalue weighted by atomic mass is 16.5. The third-order valence-corrected chi connectivity index (χ3v) is 5.80. The molecule has 1 spiro atoms. The van der Waals surface area contributed by atoms with Gasteiger partial charge in [-0.05, 0) is 62.1 Å². The number of nitrogens with zero attached hydrogens (tertiary/aromatic N) is 4. The Labute approximate surface area is 169 Å². The minimum absolute atomic E-state index is 0.00300. The van der Waals surface area contributed by atoms with Gasteiger partial charge in [-0.3, -0.25) is 9.59 Å². The summed E-state index contributed by atoms with van der Waals surface area (Å²) >= 11 is 0. The summed E-state index contributed by atoms with van der Waals surface area (Å²) in [5.74, 6) is 1.25. The van der Waals surface area contributed by atoms with Gasteiger partial charge in [-0.2, -0.15) is 0 Å². The van der Waals surface area contributed by atoms with Crippen LogP contribution in [-0.2, 0) is 11.3 Å². The Hall–Kier alpha value is -2.97. The fourth-order valence-corrected chi connectivity index (χ4v) is 4.05. The van der Waals surface area contributed by atoms with Gasteiger partial charge in [0.1, 0.15) is 17.2 Å². The third kappa shape index (κ3) is 4.23. The van der Waals surface area contributed by atoms with Crippen LogP contribution in [-0.4, -0.2) is 50.2 Å².